The van der Waals surface area contributed by atoms with Gasteiger partial charge in [-0.2, -0.15) is 0 Å². The third-order valence-electron chi connectivity index (χ3n) is 6.14. The zero-order valence-corrected chi connectivity index (χ0v) is 14.5. The van der Waals surface area contributed by atoms with E-state index in [0.29, 0.717) is 5.78 Å². The minimum atomic E-state index is -0.298. The number of unbranched alkanes of at least 4 members (excludes halogenated alkanes) is 1. The Morgan fingerprint density at radius 1 is 1.17 bits per heavy atom. The first kappa shape index (κ1) is 15.9. The van der Waals surface area contributed by atoms with Gasteiger partial charge in [-0.15, -0.1) is 0 Å². The molecule has 0 saturated carbocycles. The number of carbonyl (C=O) groups excluding carboxylic acids is 1. The number of benzene rings is 1. The van der Waals surface area contributed by atoms with E-state index in [2.05, 4.69) is 23.6 Å². The molecular formula is C19H26N2O3. The number of Topliss-reactive ketones (excluding diaryl/α,β-unsaturated/α-hetero) is 1. The van der Waals surface area contributed by atoms with Crippen molar-refractivity contribution in [3.05, 3.63) is 23.8 Å². The van der Waals surface area contributed by atoms with Crippen LogP contribution in [0, 0.1) is 10.8 Å². The Bertz CT molecular complexity index is 671. The molecule has 1 aromatic rings. The standard InChI is InChI=1S/C19H26N2O3/c1-3-4-7-19-11-20-9-18(2,17(19)24)10-21(12-19)16(20)14-6-5-13(22)8-15(14)23/h5-6,8,16,22-23H,3-4,7,9-12H2,1-2H3. The number of nitrogens with zero attached hydrogens (tertiary/aromatic N) is 2. The van der Waals surface area contributed by atoms with Crippen LogP contribution in [-0.4, -0.2) is 52.0 Å². The molecule has 4 aliphatic heterocycles. The molecule has 130 valence electrons. The van der Waals surface area contributed by atoms with Crippen LogP contribution in [0.4, 0.5) is 0 Å². The molecule has 4 aliphatic rings. The number of carbonyl (C=O) groups is 1. The third kappa shape index (κ3) is 2.11. The first-order chi connectivity index (χ1) is 11.4. The maximum Gasteiger partial charge on any atom is 0.150 e. The zero-order valence-electron chi connectivity index (χ0n) is 14.5. The van der Waals surface area contributed by atoms with Crippen LogP contribution in [-0.2, 0) is 4.79 Å². The minimum Gasteiger partial charge on any atom is -0.508 e. The summed E-state index contributed by atoms with van der Waals surface area (Å²) in [5.41, 5.74) is 0.283. The van der Waals surface area contributed by atoms with Gasteiger partial charge >= 0.3 is 0 Å². The highest BCUT2D eigenvalue weighted by Gasteiger charge is 2.63. The third-order valence-corrected chi connectivity index (χ3v) is 6.14. The van der Waals surface area contributed by atoms with E-state index >= 15 is 0 Å². The Hall–Kier alpha value is -1.59. The quantitative estimate of drug-likeness (QED) is 0.888. The summed E-state index contributed by atoms with van der Waals surface area (Å²) in [5.74, 6) is 0.655. The lowest BCUT2D eigenvalue weighted by Crippen LogP contribution is -2.76. The van der Waals surface area contributed by atoms with Crippen LogP contribution >= 0.6 is 0 Å². The van der Waals surface area contributed by atoms with Crippen molar-refractivity contribution in [2.24, 2.45) is 10.8 Å². The highest BCUT2D eigenvalue weighted by atomic mass is 16.3. The molecule has 5 rings (SSSR count). The van der Waals surface area contributed by atoms with E-state index < -0.39 is 0 Å². The average Bonchev–Trinajstić information content (AvgIpc) is 2.51. The first-order valence-corrected chi connectivity index (χ1v) is 8.93. The lowest BCUT2D eigenvalue weighted by Gasteiger charge is -2.65. The van der Waals surface area contributed by atoms with Crippen molar-refractivity contribution in [2.75, 3.05) is 26.2 Å². The van der Waals surface area contributed by atoms with Crippen molar-refractivity contribution < 1.29 is 15.0 Å². The second-order valence-electron chi connectivity index (χ2n) is 8.20. The van der Waals surface area contributed by atoms with Crippen molar-refractivity contribution in [1.29, 1.82) is 0 Å². The van der Waals surface area contributed by atoms with Crippen molar-refractivity contribution in [3.8, 4) is 11.5 Å². The number of aromatic hydroxyl groups is 2. The molecule has 2 atom stereocenters. The minimum absolute atomic E-state index is 0.00141. The number of hydrogen-bond acceptors (Lipinski definition) is 5. The van der Waals surface area contributed by atoms with Gasteiger partial charge in [0.25, 0.3) is 0 Å². The fraction of sp³-hybridized carbons (Fsp3) is 0.632. The molecule has 0 aromatic heterocycles. The van der Waals surface area contributed by atoms with Gasteiger partial charge < -0.3 is 10.2 Å². The van der Waals surface area contributed by atoms with Crippen LogP contribution in [0.3, 0.4) is 0 Å². The molecule has 4 bridgehead atoms. The summed E-state index contributed by atoms with van der Waals surface area (Å²) in [6, 6.07) is 4.84. The molecule has 5 nitrogen and oxygen atoms in total. The Balaban J connectivity index is 1.71. The van der Waals surface area contributed by atoms with Crippen LogP contribution in [0.1, 0.15) is 44.8 Å². The number of piperidine rings is 2. The summed E-state index contributed by atoms with van der Waals surface area (Å²) in [6.07, 6.45) is 3.15. The van der Waals surface area contributed by atoms with E-state index in [0.717, 1.165) is 51.0 Å². The zero-order chi connectivity index (χ0) is 17.1. The van der Waals surface area contributed by atoms with Crippen molar-refractivity contribution in [1.82, 2.24) is 9.80 Å². The summed E-state index contributed by atoms with van der Waals surface area (Å²) in [4.78, 5) is 17.9. The van der Waals surface area contributed by atoms with Crippen molar-refractivity contribution in [2.45, 2.75) is 39.3 Å². The topological polar surface area (TPSA) is 64.0 Å². The van der Waals surface area contributed by atoms with Gasteiger partial charge in [-0.1, -0.05) is 26.7 Å². The van der Waals surface area contributed by atoms with E-state index in [1.807, 2.05) is 0 Å². The summed E-state index contributed by atoms with van der Waals surface area (Å²) >= 11 is 0. The number of rotatable bonds is 4. The van der Waals surface area contributed by atoms with E-state index in [1.165, 1.54) is 6.07 Å². The van der Waals surface area contributed by atoms with Gasteiger partial charge in [0.2, 0.25) is 0 Å². The van der Waals surface area contributed by atoms with Gasteiger partial charge in [0.15, 0.2) is 0 Å². The normalized spacial score (nSPS) is 40.2. The molecular weight excluding hydrogens is 304 g/mol. The summed E-state index contributed by atoms with van der Waals surface area (Å²) < 4.78 is 0. The van der Waals surface area contributed by atoms with Gasteiger partial charge in [0.1, 0.15) is 17.3 Å². The highest BCUT2D eigenvalue weighted by molar-refractivity contribution is 5.93. The fourth-order valence-electron chi connectivity index (χ4n) is 5.32. The molecule has 4 heterocycles. The fourth-order valence-corrected chi connectivity index (χ4v) is 5.32. The van der Waals surface area contributed by atoms with E-state index in [4.69, 9.17) is 0 Å². The predicted octanol–water partition coefficient (Wildman–Crippen LogP) is 2.49. The molecule has 1 aromatic carbocycles. The van der Waals surface area contributed by atoms with Crippen LogP contribution in [0.2, 0.25) is 0 Å². The molecule has 2 unspecified atom stereocenters. The predicted molar refractivity (Wildman–Crippen MR) is 90.7 cm³/mol. The van der Waals surface area contributed by atoms with Crippen LogP contribution in [0.15, 0.2) is 18.2 Å². The Morgan fingerprint density at radius 2 is 1.83 bits per heavy atom. The number of phenolic OH excluding ortho intramolecular Hbond substituents is 2. The SMILES string of the molecule is CCCCC12CN3CC(C)(CN(C1)C3c1ccc(O)cc1O)C2=O. The number of hydrogen-bond donors (Lipinski definition) is 2. The molecule has 5 heteroatoms. The van der Waals surface area contributed by atoms with E-state index in [-0.39, 0.29) is 28.5 Å². The smallest absolute Gasteiger partial charge is 0.150 e. The largest absolute Gasteiger partial charge is 0.508 e. The van der Waals surface area contributed by atoms with Crippen LogP contribution < -0.4 is 0 Å². The van der Waals surface area contributed by atoms with Crippen LogP contribution in [0.25, 0.3) is 0 Å². The highest BCUT2D eigenvalue weighted by Crippen LogP contribution is 2.54. The van der Waals surface area contributed by atoms with E-state index in [1.54, 1.807) is 12.1 Å². The summed E-state index contributed by atoms with van der Waals surface area (Å²) in [5, 5.41) is 19.9. The molecule has 0 amide bonds. The molecule has 24 heavy (non-hydrogen) atoms. The molecule has 0 radical (unpaired) electrons. The molecule has 0 spiro atoms. The number of ketones is 1. The van der Waals surface area contributed by atoms with Gasteiger partial charge in [0, 0.05) is 37.8 Å². The van der Waals surface area contributed by atoms with Crippen molar-refractivity contribution >= 4 is 5.78 Å². The maximum atomic E-state index is 13.1. The monoisotopic (exact) mass is 330 g/mol. The Morgan fingerprint density at radius 3 is 2.42 bits per heavy atom. The first-order valence-electron chi connectivity index (χ1n) is 8.93. The van der Waals surface area contributed by atoms with Gasteiger partial charge in [-0.25, -0.2) is 0 Å². The lowest BCUT2D eigenvalue weighted by molar-refractivity contribution is -0.201. The second kappa shape index (κ2) is 5.20. The molecule has 4 fully saturated rings. The number of phenols is 2. The molecule has 4 saturated heterocycles. The Kier molecular flexibility index (Phi) is 3.45. The Labute approximate surface area is 142 Å². The van der Waals surface area contributed by atoms with Gasteiger partial charge in [-0.3, -0.25) is 14.6 Å². The van der Waals surface area contributed by atoms with E-state index in [9.17, 15) is 15.0 Å². The van der Waals surface area contributed by atoms with Gasteiger partial charge in [0.05, 0.1) is 17.0 Å². The molecule has 2 N–H and O–H groups in total. The summed E-state index contributed by atoms with van der Waals surface area (Å²) in [7, 11) is 0. The molecule has 0 aliphatic carbocycles. The van der Waals surface area contributed by atoms with Crippen LogP contribution in [0.5, 0.6) is 11.5 Å². The second-order valence-corrected chi connectivity index (χ2v) is 8.20. The average molecular weight is 330 g/mol. The maximum absolute atomic E-state index is 13.1. The summed E-state index contributed by atoms with van der Waals surface area (Å²) in [6.45, 7) is 7.33. The lowest BCUT2D eigenvalue weighted by atomic mass is 9.59. The van der Waals surface area contributed by atoms with Gasteiger partial charge in [-0.05, 0) is 18.6 Å². The van der Waals surface area contributed by atoms with Crippen molar-refractivity contribution in [3.63, 3.8) is 0 Å².